The molecule has 2 heterocycles. The van der Waals surface area contributed by atoms with Crippen LogP contribution in [0.15, 0.2) is 77.6 Å². The molecule has 5 rings (SSSR count). The number of rotatable bonds is 10. The highest BCUT2D eigenvalue weighted by Gasteiger charge is 2.17. The number of aryl methyl sites for hydroxylation is 2. The Labute approximate surface area is 227 Å². The van der Waals surface area contributed by atoms with Gasteiger partial charge in [0, 0.05) is 24.0 Å². The Balaban J connectivity index is 1.48. The van der Waals surface area contributed by atoms with Gasteiger partial charge in [0.05, 0.1) is 18.8 Å². The molecule has 0 saturated carbocycles. The van der Waals surface area contributed by atoms with Crippen LogP contribution in [-0.4, -0.2) is 35.3 Å². The van der Waals surface area contributed by atoms with Gasteiger partial charge in [0.2, 0.25) is 5.82 Å². The molecule has 0 aliphatic heterocycles. The summed E-state index contributed by atoms with van der Waals surface area (Å²) in [5, 5.41) is 24.1. The fourth-order valence-corrected chi connectivity index (χ4v) is 4.96. The number of aromatic nitrogens is 6. The first-order valence-electron chi connectivity index (χ1n) is 13.3. The first-order chi connectivity index (χ1) is 19.1. The average Bonchev–Trinajstić information content (AvgIpc) is 3.52. The van der Waals surface area contributed by atoms with Crippen molar-refractivity contribution in [3.8, 4) is 22.5 Å². The number of aliphatic hydroxyl groups is 1. The van der Waals surface area contributed by atoms with Crippen LogP contribution in [0.1, 0.15) is 54.0 Å². The van der Waals surface area contributed by atoms with Crippen LogP contribution in [0.3, 0.4) is 0 Å². The number of benzene rings is 3. The SMILES string of the molecule is CCCc1nc(CC)n(Cc2ccc(-c3ccccc3-c3nn[nH]n3)cc2)c(=O)c1Cc1cccc(CO)c1. The second-order valence-corrected chi connectivity index (χ2v) is 9.58. The van der Waals surface area contributed by atoms with E-state index >= 15 is 0 Å². The van der Waals surface area contributed by atoms with Crippen LogP contribution in [0.4, 0.5) is 0 Å². The van der Waals surface area contributed by atoms with Crippen molar-refractivity contribution in [3.05, 3.63) is 117 Å². The summed E-state index contributed by atoms with van der Waals surface area (Å²) in [5.41, 5.74) is 7.40. The minimum atomic E-state index is -0.0253. The van der Waals surface area contributed by atoms with E-state index in [1.54, 1.807) is 0 Å². The minimum absolute atomic E-state index is 0.00577. The third kappa shape index (κ3) is 5.71. The average molecular weight is 521 g/mol. The molecule has 3 aromatic carbocycles. The predicted octanol–water partition coefficient (Wildman–Crippen LogP) is 4.74. The zero-order chi connectivity index (χ0) is 27.2. The Morgan fingerprint density at radius 1 is 0.897 bits per heavy atom. The monoisotopic (exact) mass is 520 g/mol. The van der Waals surface area contributed by atoms with Crippen molar-refractivity contribution in [2.24, 2.45) is 0 Å². The number of aromatic amines is 1. The van der Waals surface area contributed by atoms with Gasteiger partial charge in [-0.15, -0.1) is 10.2 Å². The van der Waals surface area contributed by atoms with Crippen molar-refractivity contribution in [1.82, 2.24) is 30.2 Å². The van der Waals surface area contributed by atoms with Crippen molar-refractivity contribution in [3.63, 3.8) is 0 Å². The number of hydrogen-bond donors (Lipinski definition) is 2. The number of hydrogen-bond acceptors (Lipinski definition) is 6. The zero-order valence-corrected chi connectivity index (χ0v) is 22.3. The van der Waals surface area contributed by atoms with Gasteiger partial charge in [-0.05, 0) is 39.5 Å². The summed E-state index contributed by atoms with van der Waals surface area (Å²) in [7, 11) is 0. The molecule has 39 heavy (non-hydrogen) atoms. The maximum absolute atomic E-state index is 13.9. The summed E-state index contributed by atoms with van der Waals surface area (Å²) in [5.74, 6) is 1.34. The molecule has 8 heteroatoms. The zero-order valence-electron chi connectivity index (χ0n) is 22.3. The maximum atomic E-state index is 13.9. The molecule has 0 aliphatic rings. The molecule has 0 atom stereocenters. The molecule has 198 valence electrons. The number of H-pyrrole nitrogens is 1. The van der Waals surface area contributed by atoms with Crippen LogP contribution in [0.5, 0.6) is 0 Å². The fraction of sp³-hybridized carbons (Fsp3) is 0.258. The Morgan fingerprint density at radius 2 is 1.67 bits per heavy atom. The molecular formula is C31H32N6O2. The van der Waals surface area contributed by atoms with Crippen molar-refractivity contribution in [1.29, 1.82) is 0 Å². The third-order valence-corrected chi connectivity index (χ3v) is 6.90. The van der Waals surface area contributed by atoms with Crippen LogP contribution >= 0.6 is 0 Å². The van der Waals surface area contributed by atoms with E-state index < -0.39 is 0 Å². The lowest BCUT2D eigenvalue weighted by Gasteiger charge is -2.17. The van der Waals surface area contributed by atoms with Crippen molar-refractivity contribution in [2.75, 3.05) is 0 Å². The topological polar surface area (TPSA) is 110 Å². The number of nitrogens with zero attached hydrogens (tertiary/aromatic N) is 5. The van der Waals surface area contributed by atoms with Crippen LogP contribution in [0, 0.1) is 0 Å². The highest BCUT2D eigenvalue weighted by molar-refractivity contribution is 5.80. The number of nitrogens with one attached hydrogen (secondary N) is 1. The third-order valence-electron chi connectivity index (χ3n) is 6.90. The van der Waals surface area contributed by atoms with E-state index in [1.807, 2.05) is 60.0 Å². The van der Waals surface area contributed by atoms with E-state index in [1.165, 1.54) is 0 Å². The summed E-state index contributed by atoms with van der Waals surface area (Å²) in [6.45, 7) is 4.56. The van der Waals surface area contributed by atoms with Gasteiger partial charge < -0.3 is 5.11 Å². The fourth-order valence-electron chi connectivity index (χ4n) is 4.96. The quantitative estimate of drug-likeness (QED) is 0.275. The molecule has 0 amide bonds. The highest BCUT2D eigenvalue weighted by atomic mass is 16.3. The molecule has 0 fully saturated rings. The molecule has 8 nitrogen and oxygen atoms in total. The second-order valence-electron chi connectivity index (χ2n) is 9.58. The normalized spacial score (nSPS) is 11.2. The van der Waals surface area contributed by atoms with E-state index in [0.29, 0.717) is 25.2 Å². The van der Waals surface area contributed by atoms with Gasteiger partial charge in [0.15, 0.2) is 0 Å². The van der Waals surface area contributed by atoms with Crippen molar-refractivity contribution in [2.45, 2.75) is 52.7 Å². The molecule has 0 aliphatic carbocycles. The van der Waals surface area contributed by atoms with Gasteiger partial charge in [-0.1, -0.05) is 93.1 Å². The molecular weight excluding hydrogens is 488 g/mol. The molecule has 0 unspecified atom stereocenters. The molecule has 2 aromatic heterocycles. The predicted molar refractivity (Wildman–Crippen MR) is 151 cm³/mol. The lowest BCUT2D eigenvalue weighted by atomic mass is 9.98. The number of tetrazole rings is 1. The summed E-state index contributed by atoms with van der Waals surface area (Å²) in [6, 6.07) is 23.9. The Morgan fingerprint density at radius 3 is 2.36 bits per heavy atom. The van der Waals surface area contributed by atoms with Gasteiger partial charge in [0.25, 0.3) is 5.56 Å². The molecule has 0 spiro atoms. The van der Waals surface area contributed by atoms with E-state index in [2.05, 4.69) is 51.8 Å². The van der Waals surface area contributed by atoms with Gasteiger partial charge in [-0.2, -0.15) is 5.21 Å². The smallest absolute Gasteiger partial charge is 0.257 e. The Kier molecular flexibility index (Phi) is 8.03. The van der Waals surface area contributed by atoms with Crippen LogP contribution < -0.4 is 5.56 Å². The van der Waals surface area contributed by atoms with Gasteiger partial charge in [-0.25, -0.2) is 4.98 Å². The van der Waals surface area contributed by atoms with Crippen molar-refractivity contribution < 1.29 is 5.11 Å². The summed E-state index contributed by atoms with van der Waals surface area (Å²) >= 11 is 0. The first kappa shape index (κ1) is 26.2. The summed E-state index contributed by atoms with van der Waals surface area (Å²) < 4.78 is 1.81. The lowest BCUT2D eigenvalue weighted by Crippen LogP contribution is -2.31. The molecule has 0 bridgehead atoms. The summed E-state index contributed by atoms with van der Waals surface area (Å²) in [4.78, 5) is 18.9. The molecule has 0 saturated heterocycles. The van der Waals surface area contributed by atoms with Crippen LogP contribution in [-0.2, 0) is 32.4 Å². The van der Waals surface area contributed by atoms with Crippen LogP contribution in [0.2, 0.25) is 0 Å². The second kappa shape index (κ2) is 12.0. The maximum Gasteiger partial charge on any atom is 0.257 e. The molecule has 5 aromatic rings. The lowest BCUT2D eigenvalue weighted by molar-refractivity contribution is 0.281. The summed E-state index contributed by atoms with van der Waals surface area (Å²) in [6.07, 6.45) is 2.83. The first-order valence-corrected chi connectivity index (χ1v) is 13.3. The van der Waals surface area contributed by atoms with Gasteiger partial charge in [0.1, 0.15) is 5.82 Å². The standard InChI is InChI=1S/C31H32N6O2/c1-3-8-28-27(18-22-9-7-10-23(17-22)20-38)31(39)37(29(4-2)32-28)19-21-13-15-24(16-14-21)25-11-5-6-12-26(25)30-33-35-36-34-30/h5-7,9-17,38H,3-4,8,18-20H2,1-2H3,(H,33,34,35,36). The number of aliphatic hydroxyl groups excluding tert-OH is 1. The van der Waals surface area contributed by atoms with E-state index in [4.69, 9.17) is 4.98 Å². The highest BCUT2D eigenvalue weighted by Crippen LogP contribution is 2.29. The van der Waals surface area contributed by atoms with E-state index in [0.717, 1.165) is 63.3 Å². The van der Waals surface area contributed by atoms with Gasteiger partial charge in [-0.3, -0.25) is 9.36 Å². The van der Waals surface area contributed by atoms with E-state index in [9.17, 15) is 9.90 Å². The largest absolute Gasteiger partial charge is 0.392 e. The Hall–Kier alpha value is -4.43. The van der Waals surface area contributed by atoms with E-state index in [-0.39, 0.29) is 12.2 Å². The minimum Gasteiger partial charge on any atom is -0.392 e. The van der Waals surface area contributed by atoms with Crippen molar-refractivity contribution >= 4 is 0 Å². The van der Waals surface area contributed by atoms with Gasteiger partial charge >= 0.3 is 0 Å². The van der Waals surface area contributed by atoms with Crippen LogP contribution in [0.25, 0.3) is 22.5 Å². The molecule has 2 N–H and O–H groups in total. The molecule has 0 radical (unpaired) electrons. The Bertz CT molecular complexity index is 1610.